The minimum atomic E-state index is -0.00393. The topological polar surface area (TPSA) is 20.3 Å². The van der Waals surface area contributed by atoms with Crippen LogP contribution in [0.15, 0.2) is 18.2 Å². The Morgan fingerprint density at radius 3 is 2.80 bits per heavy atom. The van der Waals surface area contributed by atoms with Crippen LogP contribution in [-0.4, -0.2) is 16.0 Å². The maximum absolute atomic E-state index is 11.6. The fourth-order valence-corrected chi connectivity index (χ4v) is 2.78. The van der Waals surface area contributed by atoms with Crippen molar-refractivity contribution in [2.24, 2.45) is 0 Å². The molecule has 0 radical (unpaired) electrons. The molecule has 2 rings (SSSR count). The number of halogens is 1. The second kappa shape index (κ2) is 4.12. The van der Waals surface area contributed by atoms with Crippen LogP contribution in [0.5, 0.6) is 0 Å². The Morgan fingerprint density at radius 2 is 2.27 bits per heavy atom. The quantitative estimate of drug-likeness (QED) is 0.722. The van der Waals surface area contributed by atoms with Gasteiger partial charge in [0.2, 0.25) is 5.91 Å². The summed E-state index contributed by atoms with van der Waals surface area (Å²) < 4.78 is 0.575. The third-order valence-corrected chi connectivity index (χ3v) is 3.75. The predicted octanol–water partition coefficient (Wildman–Crippen LogP) is 3.01. The Hall–Kier alpha value is -0.580. The van der Waals surface area contributed by atoms with E-state index >= 15 is 0 Å². The van der Waals surface area contributed by atoms with Crippen LogP contribution in [0.1, 0.15) is 5.56 Å². The molecule has 1 heterocycles. The molecule has 2 nitrogen and oxygen atoms in total. The molecule has 0 atom stereocenters. The lowest BCUT2D eigenvalue weighted by Gasteiger charge is -2.16. The summed E-state index contributed by atoms with van der Waals surface area (Å²) in [5, 5.41) is 0.563. The van der Waals surface area contributed by atoms with E-state index in [1.165, 1.54) is 16.7 Å². The van der Waals surface area contributed by atoms with Gasteiger partial charge in [0, 0.05) is 0 Å². The van der Waals surface area contributed by atoms with E-state index in [1.54, 1.807) is 0 Å². The molecule has 0 N–H and O–H groups in total. The number of carbonyl (C=O) groups is 1. The van der Waals surface area contributed by atoms with Crippen LogP contribution in [0.2, 0.25) is 5.02 Å². The zero-order valence-corrected chi connectivity index (χ0v) is 10.4. The lowest BCUT2D eigenvalue weighted by Crippen LogP contribution is -2.28. The van der Waals surface area contributed by atoms with Gasteiger partial charge in [0.05, 0.1) is 16.5 Å². The molecule has 1 amide bonds. The first-order valence-corrected chi connectivity index (χ1v) is 6.12. The predicted molar refractivity (Wildman–Crippen MR) is 68.7 cm³/mol. The molecule has 1 fully saturated rings. The van der Waals surface area contributed by atoms with Gasteiger partial charge in [-0.05, 0) is 24.6 Å². The summed E-state index contributed by atoms with van der Waals surface area (Å²) in [4.78, 5) is 13.1. The zero-order valence-electron chi connectivity index (χ0n) is 7.99. The van der Waals surface area contributed by atoms with Crippen LogP contribution >= 0.6 is 35.6 Å². The van der Waals surface area contributed by atoms with Gasteiger partial charge in [0.25, 0.3) is 0 Å². The molecule has 0 saturated carbocycles. The van der Waals surface area contributed by atoms with E-state index in [0.29, 0.717) is 20.8 Å². The maximum atomic E-state index is 11.6. The highest BCUT2D eigenvalue weighted by Gasteiger charge is 2.29. The Bertz CT molecular complexity index is 431. The molecular formula is C10H8ClNOS2. The fraction of sp³-hybridized carbons (Fsp3) is 0.200. The summed E-state index contributed by atoms with van der Waals surface area (Å²) in [6.45, 7) is 1.95. The molecule has 0 aliphatic carbocycles. The van der Waals surface area contributed by atoms with Crippen molar-refractivity contribution < 1.29 is 4.79 Å². The van der Waals surface area contributed by atoms with E-state index in [4.69, 9.17) is 23.8 Å². The SMILES string of the molecule is Cc1ccc(N2C(=O)CSC2=S)c(Cl)c1. The second-order valence-electron chi connectivity index (χ2n) is 3.24. The molecule has 1 aromatic rings. The fourth-order valence-electron chi connectivity index (χ4n) is 1.38. The van der Waals surface area contributed by atoms with Gasteiger partial charge < -0.3 is 0 Å². The third-order valence-electron chi connectivity index (χ3n) is 2.10. The van der Waals surface area contributed by atoms with Crippen LogP contribution in [0.3, 0.4) is 0 Å². The van der Waals surface area contributed by atoms with Gasteiger partial charge in [-0.3, -0.25) is 9.69 Å². The van der Waals surface area contributed by atoms with Gasteiger partial charge in [-0.2, -0.15) is 0 Å². The molecule has 0 aromatic heterocycles. The highest BCUT2D eigenvalue weighted by atomic mass is 35.5. The first kappa shape index (κ1) is 10.9. The molecule has 78 valence electrons. The van der Waals surface area contributed by atoms with Gasteiger partial charge in [0.15, 0.2) is 0 Å². The van der Waals surface area contributed by atoms with E-state index in [0.717, 1.165) is 5.56 Å². The van der Waals surface area contributed by atoms with Crippen LogP contribution in [0, 0.1) is 6.92 Å². The van der Waals surface area contributed by atoms with Crippen LogP contribution < -0.4 is 4.90 Å². The van der Waals surface area contributed by atoms with E-state index in [1.807, 2.05) is 25.1 Å². The largest absolute Gasteiger partial charge is 0.273 e. The molecule has 15 heavy (non-hydrogen) atoms. The summed E-state index contributed by atoms with van der Waals surface area (Å²) in [7, 11) is 0. The summed E-state index contributed by atoms with van der Waals surface area (Å²) in [6.07, 6.45) is 0. The number of rotatable bonds is 1. The van der Waals surface area contributed by atoms with Crippen molar-refractivity contribution in [1.82, 2.24) is 0 Å². The Balaban J connectivity index is 2.45. The van der Waals surface area contributed by atoms with Gasteiger partial charge in [-0.15, -0.1) is 0 Å². The van der Waals surface area contributed by atoms with Crippen molar-refractivity contribution in [3.63, 3.8) is 0 Å². The van der Waals surface area contributed by atoms with Gasteiger partial charge in [-0.25, -0.2) is 0 Å². The molecule has 0 spiro atoms. The third kappa shape index (κ3) is 2.02. The first-order valence-electron chi connectivity index (χ1n) is 4.35. The first-order chi connectivity index (χ1) is 7.09. The summed E-state index contributed by atoms with van der Waals surface area (Å²) >= 11 is 12.5. The lowest BCUT2D eigenvalue weighted by atomic mass is 10.2. The average molecular weight is 258 g/mol. The monoisotopic (exact) mass is 257 g/mol. The normalized spacial score (nSPS) is 16.3. The highest BCUT2D eigenvalue weighted by Crippen LogP contribution is 2.32. The molecule has 1 aromatic carbocycles. The van der Waals surface area contributed by atoms with E-state index in [9.17, 15) is 4.79 Å². The number of benzene rings is 1. The minimum Gasteiger partial charge on any atom is -0.273 e. The second-order valence-corrected chi connectivity index (χ2v) is 5.25. The highest BCUT2D eigenvalue weighted by molar-refractivity contribution is 8.24. The van der Waals surface area contributed by atoms with Crippen LogP contribution in [-0.2, 0) is 4.79 Å². The number of hydrogen-bond donors (Lipinski definition) is 0. The number of nitrogens with zero attached hydrogens (tertiary/aromatic N) is 1. The Labute approximate surface area is 103 Å². The zero-order chi connectivity index (χ0) is 11.0. The number of anilines is 1. The molecular weight excluding hydrogens is 250 g/mol. The number of thiocarbonyl (C=S) groups is 1. The van der Waals surface area contributed by atoms with Crippen molar-refractivity contribution in [1.29, 1.82) is 0 Å². The van der Waals surface area contributed by atoms with Gasteiger partial charge in [0.1, 0.15) is 4.32 Å². The Kier molecular flexibility index (Phi) is 3.00. The van der Waals surface area contributed by atoms with E-state index < -0.39 is 0 Å². The van der Waals surface area contributed by atoms with Gasteiger partial charge >= 0.3 is 0 Å². The number of carbonyl (C=O) groups excluding carboxylic acids is 1. The summed E-state index contributed by atoms with van der Waals surface area (Å²) in [5.41, 5.74) is 1.75. The number of hydrogen-bond acceptors (Lipinski definition) is 3. The van der Waals surface area contributed by atoms with Crippen molar-refractivity contribution >= 4 is 51.5 Å². The number of aryl methyl sites for hydroxylation is 1. The molecule has 1 aliphatic heterocycles. The van der Waals surface area contributed by atoms with Crippen molar-refractivity contribution in [2.45, 2.75) is 6.92 Å². The number of thioether (sulfide) groups is 1. The smallest absolute Gasteiger partial charge is 0.243 e. The van der Waals surface area contributed by atoms with Crippen molar-refractivity contribution in [2.75, 3.05) is 10.7 Å². The Morgan fingerprint density at radius 1 is 1.53 bits per heavy atom. The van der Waals surface area contributed by atoms with Crippen molar-refractivity contribution in [3.8, 4) is 0 Å². The summed E-state index contributed by atoms with van der Waals surface area (Å²) in [6, 6.07) is 5.57. The molecule has 1 aliphatic rings. The standard InChI is InChI=1S/C10H8ClNOS2/c1-6-2-3-8(7(11)4-6)12-9(13)5-15-10(12)14/h2-4H,5H2,1H3. The van der Waals surface area contributed by atoms with Gasteiger partial charge in [-0.1, -0.05) is 41.6 Å². The maximum Gasteiger partial charge on any atom is 0.243 e. The van der Waals surface area contributed by atoms with Crippen LogP contribution in [0.25, 0.3) is 0 Å². The molecule has 1 saturated heterocycles. The summed E-state index contributed by atoms with van der Waals surface area (Å²) in [5.74, 6) is 0.402. The van der Waals surface area contributed by atoms with Crippen molar-refractivity contribution in [3.05, 3.63) is 28.8 Å². The molecule has 0 bridgehead atoms. The average Bonchev–Trinajstić information content (AvgIpc) is 2.48. The molecule has 5 heteroatoms. The molecule has 0 unspecified atom stereocenters. The lowest BCUT2D eigenvalue weighted by molar-refractivity contribution is -0.115. The van der Waals surface area contributed by atoms with E-state index in [2.05, 4.69) is 0 Å². The van der Waals surface area contributed by atoms with E-state index in [-0.39, 0.29) is 5.91 Å². The van der Waals surface area contributed by atoms with Crippen LogP contribution in [0.4, 0.5) is 5.69 Å². The minimum absolute atomic E-state index is 0.00393. The number of amides is 1.